The quantitative estimate of drug-likeness (QED) is 0.613. The van der Waals surface area contributed by atoms with Crippen LogP contribution < -0.4 is 0 Å². The highest BCUT2D eigenvalue weighted by Gasteiger charge is 2.37. The van der Waals surface area contributed by atoms with Crippen LogP contribution in [-0.4, -0.2) is 0 Å². The summed E-state index contributed by atoms with van der Waals surface area (Å²) in [7, 11) is 0. The summed E-state index contributed by atoms with van der Waals surface area (Å²) in [6.45, 7) is 8.95. The second kappa shape index (κ2) is 3.71. The molecule has 0 aliphatic heterocycles. The van der Waals surface area contributed by atoms with Crippen LogP contribution in [0, 0.1) is 13.8 Å². The molecule has 0 amide bonds. The zero-order chi connectivity index (χ0) is 13.1. The van der Waals surface area contributed by atoms with Gasteiger partial charge in [-0.05, 0) is 47.7 Å². The van der Waals surface area contributed by atoms with Gasteiger partial charge in [-0.15, -0.1) is 0 Å². The van der Waals surface area contributed by atoms with E-state index in [2.05, 4.69) is 74.0 Å². The Morgan fingerprint density at radius 3 is 2.28 bits per heavy atom. The summed E-state index contributed by atoms with van der Waals surface area (Å²) in [5, 5.41) is 0. The van der Waals surface area contributed by atoms with Crippen LogP contribution in [-0.2, 0) is 5.41 Å². The summed E-state index contributed by atoms with van der Waals surface area (Å²) >= 11 is 3.75. The predicted octanol–water partition coefficient (Wildman–Crippen LogP) is 5.37. The largest absolute Gasteiger partial charge is 0.0590 e. The van der Waals surface area contributed by atoms with Gasteiger partial charge < -0.3 is 0 Å². The Hall–Kier alpha value is -1.08. The van der Waals surface area contributed by atoms with E-state index in [1.165, 1.54) is 37.9 Å². The molecule has 0 unspecified atom stereocenters. The number of aryl methyl sites for hydroxylation is 2. The summed E-state index contributed by atoms with van der Waals surface area (Å²) in [5.74, 6) is 0. The van der Waals surface area contributed by atoms with Crippen molar-refractivity contribution in [3.8, 4) is 11.1 Å². The van der Waals surface area contributed by atoms with Gasteiger partial charge in [-0.25, -0.2) is 0 Å². The van der Waals surface area contributed by atoms with E-state index >= 15 is 0 Å². The molecule has 0 aromatic heterocycles. The Kier molecular flexibility index (Phi) is 2.47. The zero-order valence-electron chi connectivity index (χ0n) is 11.3. The molecule has 0 heterocycles. The molecule has 92 valence electrons. The molecule has 0 N–H and O–H groups in total. The molecule has 0 saturated heterocycles. The Balaban J connectivity index is 2.43. The molecule has 0 saturated carbocycles. The van der Waals surface area contributed by atoms with Gasteiger partial charge in [0.05, 0.1) is 0 Å². The lowest BCUT2D eigenvalue weighted by Gasteiger charge is -2.22. The lowest BCUT2D eigenvalue weighted by Crippen LogP contribution is -2.15. The topological polar surface area (TPSA) is 0 Å². The van der Waals surface area contributed by atoms with Gasteiger partial charge in [0, 0.05) is 9.89 Å². The van der Waals surface area contributed by atoms with Crippen LogP contribution >= 0.6 is 15.9 Å². The van der Waals surface area contributed by atoms with E-state index in [-0.39, 0.29) is 5.41 Å². The van der Waals surface area contributed by atoms with Gasteiger partial charge >= 0.3 is 0 Å². The highest BCUT2D eigenvalue weighted by molar-refractivity contribution is 9.10. The van der Waals surface area contributed by atoms with Crippen LogP contribution in [0.5, 0.6) is 0 Å². The van der Waals surface area contributed by atoms with Crippen molar-refractivity contribution in [2.75, 3.05) is 0 Å². The molecule has 2 aromatic carbocycles. The van der Waals surface area contributed by atoms with Crippen molar-refractivity contribution in [3.05, 3.63) is 57.1 Å². The third-order valence-corrected chi connectivity index (χ3v) is 4.62. The van der Waals surface area contributed by atoms with Gasteiger partial charge in [-0.2, -0.15) is 0 Å². The van der Waals surface area contributed by atoms with Crippen molar-refractivity contribution < 1.29 is 0 Å². The summed E-state index contributed by atoms with van der Waals surface area (Å²) in [4.78, 5) is 0. The minimum absolute atomic E-state index is 0.0882. The number of halogens is 1. The maximum atomic E-state index is 3.75. The molecular formula is C17H17Br. The van der Waals surface area contributed by atoms with Gasteiger partial charge in [0.1, 0.15) is 0 Å². The average Bonchev–Trinajstić information content (AvgIpc) is 2.47. The third kappa shape index (κ3) is 1.50. The fraction of sp³-hybridized carbons (Fsp3) is 0.294. The molecule has 2 aromatic rings. The van der Waals surface area contributed by atoms with Gasteiger partial charge in [0.25, 0.3) is 0 Å². The van der Waals surface area contributed by atoms with Crippen LogP contribution in [0.3, 0.4) is 0 Å². The molecule has 18 heavy (non-hydrogen) atoms. The van der Waals surface area contributed by atoms with Crippen molar-refractivity contribution >= 4 is 15.9 Å². The first kappa shape index (κ1) is 12.0. The molecular weight excluding hydrogens is 284 g/mol. The highest BCUT2D eigenvalue weighted by atomic mass is 79.9. The van der Waals surface area contributed by atoms with Crippen molar-refractivity contribution in [1.82, 2.24) is 0 Å². The second-order valence-electron chi connectivity index (χ2n) is 5.84. The molecule has 1 heteroatoms. The van der Waals surface area contributed by atoms with Crippen LogP contribution in [0.2, 0.25) is 0 Å². The fourth-order valence-corrected chi connectivity index (χ4v) is 4.22. The Morgan fingerprint density at radius 1 is 0.889 bits per heavy atom. The summed E-state index contributed by atoms with van der Waals surface area (Å²) in [5.41, 5.74) is 8.39. The Morgan fingerprint density at radius 2 is 1.56 bits per heavy atom. The maximum Gasteiger partial charge on any atom is 0.0225 e. The molecule has 1 aliphatic rings. The molecule has 0 bridgehead atoms. The molecule has 0 nitrogen and oxygen atoms in total. The SMILES string of the molecule is Cc1ccc2c(c1)-c1cc(C)cc(Br)c1C2(C)C. The number of hydrogen-bond acceptors (Lipinski definition) is 0. The van der Waals surface area contributed by atoms with Crippen molar-refractivity contribution in [2.45, 2.75) is 33.1 Å². The second-order valence-corrected chi connectivity index (χ2v) is 6.70. The van der Waals surface area contributed by atoms with E-state index in [4.69, 9.17) is 0 Å². The zero-order valence-corrected chi connectivity index (χ0v) is 12.9. The van der Waals surface area contributed by atoms with Crippen LogP contribution in [0.15, 0.2) is 34.8 Å². The van der Waals surface area contributed by atoms with E-state index in [1.54, 1.807) is 0 Å². The third-order valence-electron chi connectivity index (χ3n) is 4.00. The van der Waals surface area contributed by atoms with E-state index in [0.29, 0.717) is 0 Å². The summed E-state index contributed by atoms with van der Waals surface area (Å²) in [6, 6.07) is 11.3. The minimum Gasteiger partial charge on any atom is -0.0590 e. The monoisotopic (exact) mass is 300 g/mol. The average molecular weight is 301 g/mol. The van der Waals surface area contributed by atoms with Crippen LogP contribution in [0.4, 0.5) is 0 Å². The minimum atomic E-state index is 0.0882. The fourth-order valence-electron chi connectivity index (χ4n) is 3.15. The Labute approximate surface area is 117 Å². The highest BCUT2D eigenvalue weighted by Crippen LogP contribution is 2.51. The summed E-state index contributed by atoms with van der Waals surface area (Å²) in [6.07, 6.45) is 0. The van der Waals surface area contributed by atoms with E-state index < -0.39 is 0 Å². The first-order valence-electron chi connectivity index (χ1n) is 6.33. The normalized spacial score (nSPS) is 15.4. The molecule has 0 fully saturated rings. The number of benzene rings is 2. The van der Waals surface area contributed by atoms with Gasteiger partial charge in [-0.1, -0.05) is 59.6 Å². The van der Waals surface area contributed by atoms with Crippen LogP contribution in [0.25, 0.3) is 11.1 Å². The molecule has 1 aliphatic carbocycles. The maximum absolute atomic E-state index is 3.75. The lowest BCUT2D eigenvalue weighted by molar-refractivity contribution is 0.657. The van der Waals surface area contributed by atoms with E-state index in [9.17, 15) is 0 Å². The molecule has 0 spiro atoms. The Bertz CT molecular complexity index is 651. The molecule has 0 atom stereocenters. The number of hydrogen-bond donors (Lipinski definition) is 0. The molecule has 0 radical (unpaired) electrons. The smallest absolute Gasteiger partial charge is 0.0225 e. The first-order valence-corrected chi connectivity index (χ1v) is 7.12. The first-order chi connectivity index (χ1) is 8.41. The van der Waals surface area contributed by atoms with Crippen LogP contribution in [0.1, 0.15) is 36.1 Å². The van der Waals surface area contributed by atoms with E-state index in [1.807, 2.05) is 0 Å². The van der Waals surface area contributed by atoms with E-state index in [0.717, 1.165) is 0 Å². The van der Waals surface area contributed by atoms with Gasteiger partial charge in [-0.3, -0.25) is 0 Å². The lowest BCUT2D eigenvalue weighted by atomic mass is 9.82. The van der Waals surface area contributed by atoms with Gasteiger partial charge in [0.15, 0.2) is 0 Å². The van der Waals surface area contributed by atoms with Crippen molar-refractivity contribution in [2.24, 2.45) is 0 Å². The number of rotatable bonds is 0. The van der Waals surface area contributed by atoms with Crippen molar-refractivity contribution in [3.63, 3.8) is 0 Å². The summed E-state index contributed by atoms with van der Waals surface area (Å²) < 4.78 is 1.23. The van der Waals surface area contributed by atoms with Gasteiger partial charge in [0.2, 0.25) is 0 Å². The molecule has 3 rings (SSSR count). The standard InChI is InChI=1S/C17H17Br/c1-10-5-6-14-12(7-10)13-8-11(2)9-15(18)16(13)17(14,3)4/h5-9H,1-4H3. The van der Waals surface area contributed by atoms with Crippen molar-refractivity contribution in [1.29, 1.82) is 0 Å². The number of fused-ring (bicyclic) bond motifs is 3. The predicted molar refractivity (Wildman–Crippen MR) is 81.2 cm³/mol.